The van der Waals surface area contributed by atoms with Gasteiger partial charge in [-0.1, -0.05) is 18.2 Å². The highest BCUT2D eigenvalue weighted by atomic mass is 16.5. The van der Waals surface area contributed by atoms with Gasteiger partial charge >= 0.3 is 0 Å². The van der Waals surface area contributed by atoms with E-state index in [9.17, 15) is 14.4 Å². The first-order valence-electron chi connectivity index (χ1n) is 10.7. The van der Waals surface area contributed by atoms with Crippen molar-refractivity contribution < 1.29 is 19.1 Å². The summed E-state index contributed by atoms with van der Waals surface area (Å²) < 4.78 is 5.34. The maximum Gasteiger partial charge on any atom is 0.253 e. The van der Waals surface area contributed by atoms with Crippen LogP contribution in [-0.2, 0) is 14.3 Å². The number of rotatable bonds is 3. The number of amides is 3. The monoisotopic (exact) mass is 399 g/mol. The second kappa shape index (κ2) is 8.95. The van der Waals surface area contributed by atoms with Crippen LogP contribution in [0.4, 0.5) is 0 Å². The molecule has 3 fully saturated rings. The Morgan fingerprint density at radius 3 is 2.17 bits per heavy atom. The summed E-state index contributed by atoms with van der Waals surface area (Å²) in [7, 11) is 0. The molecule has 1 aromatic carbocycles. The molecule has 0 saturated carbocycles. The first-order chi connectivity index (χ1) is 14.1. The largest absolute Gasteiger partial charge is 0.378 e. The third-order valence-corrected chi connectivity index (χ3v) is 6.30. The van der Waals surface area contributed by atoms with Crippen LogP contribution >= 0.6 is 0 Å². The molecule has 0 bridgehead atoms. The highest BCUT2D eigenvalue weighted by molar-refractivity contribution is 5.94. The van der Waals surface area contributed by atoms with Gasteiger partial charge in [-0.05, 0) is 37.8 Å². The SMILES string of the molecule is O=C(c1ccccc1)N1CCC(C(=O)N2CCC[C@H]2C(=O)N2CCOCC2)CC1. The quantitative estimate of drug-likeness (QED) is 0.770. The molecule has 0 aromatic heterocycles. The average Bonchev–Trinajstić information content (AvgIpc) is 3.29. The molecule has 0 N–H and O–H groups in total. The van der Waals surface area contributed by atoms with Crippen LogP contribution in [0.2, 0.25) is 0 Å². The molecule has 3 saturated heterocycles. The predicted molar refractivity (Wildman–Crippen MR) is 107 cm³/mol. The lowest BCUT2D eigenvalue weighted by Gasteiger charge is -2.36. The van der Waals surface area contributed by atoms with Gasteiger partial charge in [0, 0.05) is 44.2 Å². The van der Waals surface area contributed by atoms with Crippen molar-refractivity contribution in [1.82, 2.24) is 14.7 Å². The second-order valence-electron chi connectivity index (χ2n) is 8.06. The zero-order valence-corrected chi connectivity index (χ0v) is 16.8. The van der Waals surface area contributed by atoms with Gasteiger partial charge in [0.05, 0.1) is 13.2 Å². The lowest BCUT2D eigenvalue weighted by Crippen LogP contribution is -2.53. The highest BCUT2D eigenvalue weighted by Crippen LogP contribution is 2.27. The Hall–Kier alpha value is -2.41. The fraction of sp³-hybridized carbons (Fsp3) is 0.591. The van der Waals surface area contributed by atoms with Gasteiger partial charge in [-0.3, -0.25) is 14.4 Å². The number of ether oxygens (including phenoxy) is 1. The number of piperidine rings is 1. The third-order valence-electron chi connectivity index (χ3n) is 6.30. The van der Waals surface area contributed by atoms with Gasteiger partial charge in [-0.15, -0.1) is 0 Å². The Balaban J connectivity index is 1.34. The van der Waals surface area contributed by atoms with E-state index < -0.39 is 0 Å². The minimum Gasteiger partial charge on any atom is -0.378 e. The third kappa shape index (κ3) is 4.29. The van der Waals surface area contributed by atoms with Crippen molar-refractivity contribution in [3.63, 3.8) is 0 Å². The molecule has 0 aliphatic carbocycles. The van der Waals surface area contributed by atoms with Gasteiger partial charge in [-0.25, -0.2) is 0 Å². The van der Waals surface area contributed by atoms with Crippen molar-refractivity contribution in [2.45, 2.75) is 31.7 Å². The van der Waals surface area contributed by atoms with Gasteiger partial charge in [0.2, 0.25) is 11.8 Å². The molecular formula is C22H29N3O4. The van der Waals surface area contributed by atoms with Crippen LogP contribution in [0.25, 0.3) is 0 Å². The lowest BCUT2D eigenvalue weighted by atomic mass is 9.94. The summed E-state index contributed by atoms with van der Waals surface area (Å²) in [6, 6.07) is 8.94. The van der Waals surface area contributed by atoms with Crippen LogP contribution in [0.5, 0.6) is 0 Å². The first-order valence-corrected chi connectivity index (χ1v) is 10.7. The Kier molecular flexibility index (Phi) is 6.13. The van der Waals surface area contributed by atoms with Crippen LogP contribution in [0, 0.1) is 5.92 Å². The average molecular weight is 399 g/mol. The van der Waals surface area contributed by atoms with Crippen molar-refractivity contribution in [3.05, 3.63) is 35.9 Å². The van der Waals surface area contributed by atoms with Gasteiger partial charge in [-0.2, -0.15) is 0 Å². The summed E-state index contributed by atoms with van der Waals surface area (Å²) in [6.07, 6.45) is 2.93. The van der Waals surface area contributed by atoms with E-state index in [4.69, 9.17) is 4.74 Å². The summed E-state index contributed by atoms with van der Waals surface area (Å²) in [6.45, 7) is 4.18. The molecule has 4 rings (SSSR count). The van der Waals surface area contributed by atoms with Crippen molar-refractivity contribution in [3.8, 4) is 0 Å². The molecule has 3 aliphatic heterocycles. The maximum absolute atomic E-state index is 13.2. The predicted octanol–water partition coefficient (Wildman–Crippen LogP) is 1.39. The Morgan fingerprint density at radius 1 is 0.793 bits per heavy atom. The summed E-state index contributed by atoms with van der Waals surface area (Å²) in [5.74, 6) is 0.0720. The van der Waals surface area contributed by atoms with Crippen molar-refractivity contribution in [2.75, 3.05) is 45.9 Å². The fourth-order valence-corrected chi connectivity index (χ4v) is 4.61. The number of nitrogens with zero attached hydrogens (tertiary/aromatic N) is 3. The normalized spacial score (nSPS) is 23.3. The lowest BCUT2D eigenvalue weighted by molar-refractivity contribution is -0.148. The van der Waals surface area contributed by atoms with E-state index in [1.807, 2.05) is 40.1 Å². The maximum atomic E-state index is 13.2. The highest BCUT2D eigenvalue weighted by Gasteiger charge is 2.40. The second-order valence-corrected chi connectivity index (χ2v) is 8.06. The van der Waals surface area contributed by atoms with Crippen LogP contribution in [0.1, 0.15) is 36.0 Å². The van der Waals surface area contributed by atoms with E-state index in [1.54, 1.807) is 4.90 Å². The zero-order chi connectivity index (χ0) is 20.2. The zero-order valence-electron chi connectivity index (χ0n) is 16.8. The van der Waals surface area contributed by atoms with E-state index >= 15 is 0 Å². The van der Waals surface area contributed by atoms with E-state index in [2.05, 4.69) is 0 Å². The molecule has 3 amide bonds. The molecule has 1 atom stereocenters. The first kappa shape index (κ1) is 19.9. The van der Waals surface area contributed by atoms with Crippen LogP contribution in [-0.4, -0.2) is 84.4 Å². The van der Waals surface area contributed by atoms with Gasteiger partial charge in [0.25, 0.3) is 5.91 Å². The standard InChI is InChI=1S/C22H29N3O4/c26-20(17-5-2-1-3-6-17)23-11-8-18(9-12-23)21(27)25-10-4-7-19(25)22(28)24-13-15-29-16-14-24/h1-3,5-6,18-19H,4,7-16H2/t19-/m0/s1. The van der Waals surface area contributed by atoms with Gasteiger partial charge in [0.15, 0.2) is 0 Å². The van der Waals surface area contributed by atoms with E-state index in [0.29, 0.717) is 64.3 Å². The molecular weight excluding hydrogens is 370 g/mol. The molecule has 3 aliphatic rings. The van der Waals surface area contributed by atoms with E-state index in [1.165, 1.54) is 0 Å². The number of benzene rings is 1. The number of morpholine rings is 1. The topological polar surface area (TPSA) is 70.2 Å². The Morgan fingerprint density at radius 2 is 1.48 bits per heavy atom. The van der Waals surface area contributed by atoms with Crippen LogP contribution in [0.15, 0.2) is 30.3 Å². The minimum atomic E-state index is -0.329. The minimum absolute atomic E-state index is 0.0260. The number of carbonyl (C=O) groups excluding carboxylic acids is 3. The van der Waals surface area contributed by atoms with E-state index in [-0.39, 0.29) is 29.7 Å². The van der Waals surface area contributed by atoms with Crippen molar-refractivity contribution in [1.29, 1.82) is 0 Å². The Labute approximate surface area is 171 Å². The molecule has 1 aromatic rings. The van der Waals surface area contributed by atoms with Crippen molar-refractivity contribution >= 4 is 17.7 Å². The molecule has 156 valence electrons. The number of likely N-dealkylation sites (tertiary alicyclic amines) is 2. The molecule has 0 radical (unpaired) electrons. The molecule has 7 nitrogen and oxygen atoms in total. The molecule has 0 unspecified atom stereocenters. The van der Waals surface area contributed by atoms with E-state index in [0.717, 1.165) is 12.8 Å². The van der Waals surface area contributed by atoms with Crippen LogP contribution < -0.4 is 0 Å². The summed E-state index contributed by atoms with van der Waals surface area (Å²) >= 11 is 0. The molecule has 7 heteroatoms. The fourth-order valence-electron chi connectivity index (χ4n) is 4.61. The number of hydrogen-bond acceptors (Lipinski definition) is 4. The Bertz CT molecular complexity index is 740. The smallest absolute Gasteiger partial charge is 0.253 e. The summed E-state index contributed by atoms with van der Waals surface area (Å²) in [5.41, 5.74) is 0.688. The number of hydrogen-bond donors (Lipinski definition) is 0. The van der Waals surface area contributed by atoms with Crippen LogP contribution in [0.3, 0.4) is 0 Å². The molecule has 29 heavy (non-hydrogen) atoms. The number of carbonyl (C=O) groups is 3. The molecule has 3 heterocycles. The van der Waals surface area contributed by atoms with Crippen molar-refractivity contribution in [2.24, 2.45) is 5.92 Å². The molecule has 0 spiro atoms. The van der Waals surface area contributed by atoms with Gasteiger partial charge < -0.3 is 19.4 Å². The van der Waals surface area contributed by atoms with Gasteiger partial charge in [0.1, 0.15) is 6.04 Å². The summed E-state index contributed by atoms with van der Waals surface area (Å²) in [5, 5.41) is 0. The summed E-state index contributed by atoms with van der Waals surface area (Å²) in [4.78, 5) is 44.2.